The van der Waals surface area contributed by atoms with E-state index in [-0.39, 0.29) is 12.0 Å². The van der Waals surface area contributed by atoms with Gasteiger partial charge in [0.05, 0.1) is 0 Å². The molecule has 0 aliphatic heterocycles. The fraction of sp³-hybridized carbons (Fsp3) is 0.353. The van der Waals surface area contributed by atoms with Crippen molar-refractivity contribution in [3.63, 3.8) is 0 Å². The Hall–Kier alpha value is -1.38. The molecule has 2 aromatic rings. The molecule has 0 spiro atoms. The van der Waals surface area contributed by atoms with Crippen molar-refractivity contribution in [3.8, 4) is 0 Å². The van der Waals surface area contributed by atoms with E-state index in [4.69, 9.17) is 11.6 Å². The molecule has 0 aliphatic carbocycles. The smallest absolute Gasteiger partial charge is 0.0450 e. The maximum atomic E-state index is 6.27. The quantitative estimate of drug-likeness (QED) is 0.876. The Balaban J connectivity index is 2.33. The van der Waals surface area contributed by atoms with Gasteiger partial charge in [0.1, 0.15) is 0 Å². The Bertz CT molecular complexity index is 554. The van der Waals surface area contributed by atoms with Crippen molar-refractivity contribution >= 4 is 11.6 Å². The van der Waals surface area contributed by atoms with E-state index in [0.717, 1.165) is 22.8 Å². The molecule has 2 unspecified atom stereocenters. The minimum Gasteiger partial charge on any atom is -0.310 e. The zero-order chi connectivity index (χ0) is 14.5. The van der Waals surface area contributed by atoms with Gasteiger partial charge in [-0.1, -0.05) is 43.6 Å². The van der Waals surface area contributed by atoms with Gasteiger partial charge in [-0.2, -0.15) is 0 Å². The van der Waals surface area contributed by atoms with Crippen LogP contribution in [0.25, 0.3) is 0 Å². The number of halogens is 1. The Morgan fingerprint density at radius 3 is 2.65 bits per heavy atom. The van der Waals surface area contributed by atoms with Crippen LogP contribution in [0.2, 0.25) is 5.02 Å². The Kier molecular flexibility index (Phi) is 5.16. The first-order valence-electron chi connectivity index (χ1n) is 7.03. The molecular weight excluding hydrogens is 268 g/mol. The number of pyridine rings is 1. The molecule has 2 atom stereocenters. The number of likely N-dealkylation sites (N-methyl/N-ethyl adjacent to an activating group) is 1. The van der Waals surface area contributed by atoms with Crippen LogP contribution in [0.1, 0.15) is 42.6 Å². The van der Waals surface area contributed by atoms with Crippen molar-refractivity contribution in [2.24, 2.45) is 0 Å². The predicted octanol–water partition coefficient (Wildman–Crippen LogP) is 4.50. The van der Waals surface area contributed by atoms with Gasteiger partial charge in [0.15, 0.2) is 0 Å². The van der Waals surface area contributed by atoms with Crippen molar-refractivity contribution in [1.82, 2.24) is 10.3 Å². The van der Waals surface area contributed by atoms with Crippen molar-refractivity contribution in [2.45, 2.75) is 32.7 Å². The van der Waals surface area contributed by atoms with E-state index in [0.29, 0.717) is 0 Å². The fourth-order valence-electron chi connectivity index (χ4n) is 2.42. The summed E-state index contributed by atoms with van der Waals surface area (Å²) < 4.78 is 0. The summed E-state index contributed by atoms with van der Waals surface area (Å²) in [6.07, 6.45) is 1.84. The molecule has 106 valence electrons. The number of rotatable bonds is 5. The highest BCUT2D eigenvalue weighted by Gasteiger charge is 2.21. The van der Waals surface area contributed by atoms with E-state index in [2.05, 4.69) is 48.4 Å². The van der Waals surface area contributed by atoms with Crippen LogP contribution < -0.4 is 5.32 Å². The highest BCUT2D eigenvalue weighted by atomic mass is 35.5. The lowest BCUT2D eigenvalue weighted by Gasteiger charge is -2.25. The van der Waals surface area contributed by atoms with E-state index < -0.39 is 0 Å². The summed E-state index contributed by atoms with van der Waals surface area (Å²) in [7, 11) is 0. The number of nitrogens with one attached hydrogen (secondary N) is 1. The first-order valence-corrected chi connectivity index (χ1v) is 7.41. The van der Waals surface area contributed by atoms with Gasteiger partial charge >= 0.3 is 0 Å². The molecular formula is C17H21ClN2. The summed E-state index contributed by atoms with van der Waals surface area (Å²) in [6.45, 7) is 7.25. The van der Waals surface area contributed by atoms with Crippen molar-refractivity contribution in [1.29, 1.82) is 0 Å². The van der Waals surface area contributed by atoms with Crippen molar-refractivity contribution in [2.75, 3.05) is 6.54 Å². The molecule has 0 saturated heterocycles. The summed E-state index contributed by atoms with van der Waals surface area (Å²) in [6, 6.07) is 12.5. The molecule has 1 N–H and O–H groups in total. The number of benzene rings is 1. The van der Waals surface area contributed by atoms with Crippen molar-refractivity contribution < 1.29 is 0 Å². The SMILES string of the molecule is CCNC(c1ccc(C)c(Cl)c1)C(C)c1ccccn1. The van der Waals surface area contributed by atoms with E-state index in [1.807, 2.05) is 25.3 Å². The molecule has 1 aromatic carbocycles. The first kappa shape index (κ1) is 15.0. The van der Waals surface area contributed by atoms with Crippen LogP contribution in [0, 0.1) is 6.92 Å². The predicted molar refractivity (Wildman–Crippen MR) is 85.3 cm³/mol. The second-order valence-electron chi connectivity index (χ2n) is 5.09. The number of hydrogen-bond donors (Lipinski definition) is 1. The molecule has 1 aromatic heterocycles. The summed E-state index contributed by atoms with van der Waals surface area (Å²) in [5, 5.41) is 4.36. The van der Waals surface area contributed by atoms with Crippen molar-refractivity contribution in [3.05, 3.63) is 64.4 Å². The van der Waals surface area contributed by atoms with E-state index >= 15 is 0 Å². The third-order valence-corrected chi connectivity index (χ3v) is 4.04. The standard InChI is InChI=1S/C17H21ClN2/c1-4-19-17(13(3)16-7-5-6-10-20-16)14-9-8-12(2)15(18)11-14/h5-11,13,17,19H,4H2,1-3H3. The topological polar surface area (TPSA) is 24.9 Å². The Morgan fingerprint density at radius 1 is 1.25 bits per heavy atom. The Morgan fingerprint density at radius 2 is 2.05 bits per heavy atom. The molecule has 0 amide bonds. The molecule has 0 fully saturated rings. The minimum atomic E-state index is 0.216. The molecule has 1 heterocycles. The summed E-state index contributed by atoms with van der Waals surface area (Å²) in [4.78, 5) is 4.47. The number of aromatic nitrogens is 1. The lowest BCUT2D eigenvalue weighted by Crippen LogP contribution is -2.26. The third kappa shape index (κ3) is 3.38. The van der Waals surface area contributed by atoms with Gasteiger partial charge in [0.2, 0.25) is 0 Å². The van der Waals surface area contributed by atoms with Crippen LogP contribution >= 0.6 is 11.6 Å². The van der Waals surface area contributed by atoms with Gasteiger partial charge in [-0.05, 0) is 42.8 Å². The fourth-order valence-corrected chi connectivity index (χ4v) is 2.61. The van der Waals surface area contributed by atoms with Gasteiger partial charge in [0, 0.05) is 28.9 Å². The summed E-state index contributed by atoms with van der Waals surface area (Å²) in [5.74, 6) is 0.287. The van der Waals surface area contributed by atoms with Gasteiger partial charge in [-0.3, -0.25) is 4.98 Å². The first-order chi connectivity index (χ1) is 9.63. The normalized spacial score (nSPS) is 14.0. The van der Waals surface area contributed by atoms with Crippen LogP contribution in [0.15, 0.2) is 42.6 Å². The van der Waals surface area contributed by atoms with Crippen LogP contribution in [-0.4, -0.2) is 11.5 Å². The Labute approximate surface area is 126 Å². The van der Waals surface area contributed by atoms with Crippen LogP contribution in [0.3, 0.4) is 0 Å². The zero-order valence-corrected chi connectivity index (χ0v) is 13.0. The molecule has 0 saturated carbocycles. The monoisotopic (exact) mass is 288 g/mol. The van der Waals surface area contributed by atoms with E-state index in [9.17, 15) is 0 Å². The lowest BCUT2D eigenvalue weighted by molar-refractivity contribution is 0.472. The van der Waals surface area contributed by atoms with Gasteiger partial charge in [-0.25, -0.2) is 0 Å². The molecule has 2 rings (SSSR count). The average Bonchev–Trinajstić information content (AvgIpc) is 2.48. The van der Waals surface area contributed by atoms with Crippen LogP contribution in [-0.2, 0) is 0 Å². The third-order valence-electron chi connectivity index (χ3n) is 3.63. The molecule has 2 nitrogen and oxygen atoms in total. The minimum absolute atomic E-state index is 0.216. The number of hydrogen-bond acceptors (Lipinski definition) is 2. The number of aryl methyl sites for hydroxylation is 1. The summed E-state index contributed by atoms with van der Waals surface area (Å²) >= 11 is 6.27. The second kappa shape index (κ2) is 6.87. The van der Waals surface area contributed by atoms with Gasteiger partial charge < -0.3 is 5.32 Å². The largest absolute Gasteiger partial charge is 0.310 e. The number of nitrogens with zero attached hydrogens (tertiary/aromatic N) is 1. The average molecular weight is 289 g/mol. The molecule has 0 bridgehead atoms. The molecule has 3 heteroatoms. The zero-order valence-electron chi connectivity index (χ0n) is 12.2. The van der Waals surface area contributed by atoms with Gasteiger partial charge in [0.25, 0.3) is 0 Å². The maximum absolute atomic E-state index is 6.27. The van der Waals surface area contributed by atoms with Crippen LogP contribution in [0.5, 0.6) is 0 Å². The highest BCUT2D eigenvalue weighted by Crippen LogP contribution is 2.31. The second-order valence-corrected chi connectivity index (χ2v) is 5.49. The van der Waals surface area contributed by atoms with E-state index in [1.165, 1.54) is 5.56 Å². The maximum Gasteiger partial charge on any atom is 0.0450 e. The lowest BCUT2D eigenvalue weighted by atomic mass is 9.91. The highest BCUT2D eigenvalue weighted by molar-refractivity contribution is 6.31. The van der Waals surface area contributed by atoms with Crippen LogP contribution in [0.4, 0.5) is 0 Å². The van der Waals surface area contributed by atoms with E-state index in [1.54, 1.807) is 0 Å². The molecule has 20 heavy (non-hydrogen) atoms. The van der Waals surface area contributed by atoms with Gasteiger partial charge in [-0.15, -0.1) is 0 Å². The molecule has 0 radical (unpaired) electrons. The summed E-state index contributed by atoms with van der Waals surface area (Å²) in [5.41, 5.74) is 3.41. The molecule has 0 aliphatic rings.